The lowest BCUT2D eigenvalue weighted by Crippen LogP contribution is -2.50. The molecule has 28 heavy (non-hydrogen) atoms. The summed E-state index contributed by atoms with van der Waals surface area (Å²) >= 11 is 0. The number of rotatable bonds is 7. The molecule has 0 unspecified atom stereocenters. The van der Waals surface area contributed by atoms with Gasteiger partial charge in [-0.25, -0.2) is 0 Å². The SMILES string of the molecule is C=C(C)C(=O)NCN(C)C(c1ccccc1)(c1ccccc1)c1ccccc1. The molecule has 0 spiro atoms. The smallest absolute Gasteiger partial charge is 0.247 e. The van der Waals surface area contributed by atoms with Crippen LogP contribution in [0, 0.1) is 0 Å². The Labute approximate surface area is 167 Å². The van der Waals surface area contributed by atoms with E-state index >= 15 is 0 Å². The minimum absolute atomic E-state index is 0.144. The molecule has 0 aliphatic carbocycles. The fraction of sp³-hybridized carbons (Fsp3) is 0.160. The summed E-state index contributed by atoms with van der Waals surface area (Å²) in [7, 11) is 2.03. The van der Waals surface area contributed by atoms with Crippen molar-refractivity contribution in [3.63, 3.8) is 0 Å². The Kier molecular flexibility index (Phi) is 6.07. The molecule has 0 fully saturated rings. The van der Waals surface area contributed by atoms with E-state index in [1.807, 2.05) is 25.2 Å². The molecule has 0 heterocycles. The van der Waals surface area contributed by atoms with Crippen molar-refractivity contribution in [3.8, 4) is 0 Å². The van der Waals surface area contributed by atoms with Gasteiger partial charge in [0.05, 0.1) is 12.2 Å². The summed E-state index contributed by atoms with van der Waals surface area (Å²) in [6.45, 7) is 5.83. The van der Waals surface area contributed by atoms with E-state index in [4.69, 9.17) is 0 Å². The maximum Gasteiger partial charge on any atom is 0.247 e. The number of amides is 1. The summed E-state index contributed by atoms with van der Waals surface area (Å²) < 4.78 is 0. The Hall–Kier alpha value is -3.17. The highest BCUT2D eigenvalue weighted by atomic mass is 16.1. The second kappa shape index (κ2) is 8.68. The van der Waals surface area contributed by atoms with Crippen molar-refractivity contribution in [3.05, 3.63) is 120 Å². The van der Waals surface area contributed by atoms with Crippen molar-refractivity contribution >= 4 is 5.91 Å². The van der Waals surface area contributed by atoms with Gasteiger partial charge in [0, 0.05) is 5.57 Å². The summed E-state index contributed by atoms with van der Waals surface area (Å²) in [4.78, 5) is 14.3. The molecular weight excluding hydrogens is 344 g/mol. The van der Waals surface area contributed by atoms with Crippen LogP contribution in [0.4, 0.5) is 0 Å². The van der Waals surface area contributed by atoms with E-state index in [1.165, 1.54) is 0 Å². The molecule has 3 aromatic rings. The van der Waals surface area contributed by atoms with Crippen LogP contribution in [0.2, 0.25) is 0 Å². The van der Waals surface area contributed by atoms with Gasteiger partial charge in [-0.2, -0.15) is 0 Å². The van der Waals surface area contributed by atoms with E-state index in [-0.39, 0.29) is 5.91 Å². The zero-order valence-electron chi connectivity index (χ0n) is 16.4. The van der Waals surface area contributed by atoms with Crippen LogP contribution in [0.1, 0.15) is 23.6 Å². The Morgan fingerprint density at radius 2 is 1.18 bits per heavy atom. The van der Waals surface area contributed by atoms with Crippen molar-refractivity contribution < 1.29 is 4.79 Å². The second-order valence-corrected chi connectivity index (χ2v) is 6.95. The third kappa shape index (κ3) is 3.75. The van der Waals surface area contributed by atoms with E-state index in [9.17, 15) is 4.79 Å². The van der Waals surface area contributed by atoms with Crippen molar-refractivity contribution in [1.29, 1.82) is 0 Å². The molecule has 0 radical (unpaired) electrons. The highest BCUT2D eigenvalue weighted by Crippen LogP contribution is 2.41. The molecule has 0 saturated carbocycles. The third-order valence-electron chi connectivity index (χ3n) is 5.01. The van der Waals surface area contributed by atoms with E-state index in [0.717, 1.165) is 16.7 Å². The second-order valence-electron chi connectivity index (χ2n) is 6.95. The van der Waals surface area contributed by atoms with Crippen LogP contribution < -0.4 is 5.32 Å². The molecule has 0 aromatic heterocycles. The van der Waals surface area contributed by atoms with Crippen LogP contribution in [0.15, 0.2) is 103 Å². The largest absolute Gasteiger partial charge is 0.340 e. The molecule has 0 atom stereocenters. The number of hydrogen-bond donors (Lipinski definition) is 1. The highest BCUT2D eigenvalue weighted by Gasteiger charge is 2.40. The average molecular weight is 370 g/mol. The lowest BCUT2D eigenvalue weighted by atomic mass is 9.76. The zero-order chi connectivity index (χ0) is 20.0. The van der Waals surface area contributed by atoms with Crippen LogP contribution in [-0.2, 0) is 10.3 Å². The summed E-state index contributed by atoms with van der Waals surface area (Å²) in [5, 5.41) is 2.98. The molecule has 3 nitrogen and oxygen atoms in total. The van der Waals surface area contributed by atoms with Crippen LogP contribution in [0.25, 0.3) is 0 Å². The maximum atomic E-state index is 12.1. The molecule has 142 valence electrons. The van der Waals surface area contributed by atoms with Gasteiger partial charge in [0.2, 0.25) is 5.91 Å². The van der Waals surface area contributed by atoms with Crippen LogP contribution in [-0.4, -0.2) is 24.5 Å². The first-order valence-electron chi connectivity index (χ1n) is 9.38. The fourth-order valence-electron chi connectivity index (χ4n) is 3.66. The van der Waals surface area contributed by atoms with Crippen molar-refractivity contribution in [2.24, 2.45) is 0 Å². The summed E-state index contributed by atoms with van der Waals surface area (Å²) in [6, 6.07) is 31.2. The van der Waals surface area contributed by atoms with Gasteiger partial charge in [-0.3, -0.25) is 9.69 Å². The molecule has 3 rings (SSSR count). The Morgan fingerprint density at radius 3 is 1.50 bits per heavy atom. The molecule has 3 aromatic carbocycles. The normalized spacial score (nSPS) is 11.2. The number of hydrogen-bond acceptors (Lipinski definition) is 2. The highest BCUT2D eigenvalue weighted by molar-refractivity contribution is 5.92. The maximum absolute atomic E-state index is 12.1. The molecule has 3 heteroatoms. The fourth-order valence-corrected chi connectivity index (χ4v) is 3.66. The molecule has 0 saturated heterocycles. The first kappa shape index (κ1) is 19.6. The van der Waals surface area contributed by atoms with Crippen LogP contribution in [0.3, 0.4) is 0 Å². The van der Waals surface area contributed by atoms with E-state index in [1.54, 1.807) is 6.92 Å². The van der Waals surface area contributed by atoms with Gasteiger partial charge in [0.25, 0.3) is 0 Å². The molecule has 0 aliphatic heterocycles. The molecule has 0 bridgehead atoms. The predicted molar refractivity (Wildman–Crippen MR) is 115 cm³/mol. The predicted octanol–water partition coefficient (Wildman–Crippen LogP) is 4.56. The van der Waals surface area contributed by atoms with Crippen LogP contribution in [0.5, 0.6) is 0 Å². The monoisotopic (exact) mass is 370 g/mol. The number of carbonyl (C=O) groups is 1. The van der Waals surface area contributed by atoms with E-state index in [0.29, 0.717) is 12.2 Å². The lowest BCUT2D eigenvalue weighted by Gasteiger charge is -2.43. The number of nitrogens with one attached hydrogen (secondary N) is 1. The summed E-state index contributed by atoms with van der Waals surface area (Å²) in [5.41, 5.74) is 3.36. The average Bonchev–Trinajstić information content (AvgIpc) is 2.75. The van der Waals surface area contributed by atoms with Gasteiger partial charge < -0.3 is 5.32 Å². The first-order chi connectivity index (χ1) is 13.6. The molecule has 1 amide bonds. The summed E-state index contributed by atoms with van der Waals surface area (Å²) in [6.07, 6.45) is 0. The van der Waals surface area contributed by atoms with Crippen molar-refractivity contribution in [1.82, 2.24) is 10.2 Å². The minimum atomic E-state index is -0.549. The van der Waals surface area contributed by atoms with Crippen molar-refractivity contribution in [2.45, 2.75) is 12.5 Å². The molecular formula is C25H26N2O. The number of nitrogens with zero attached hydrogens (tertiary/aromatic N) is 1. The van der Waals surface area contributed by atoms with Crippen molar-refractivity contribution in [2.75, 3.05) is 13.7 Å². The Balaban J connectivity index is 2.19. The van der Waals surface area contributed by atoms with Crippen LogP contribution >= 0.6 is 0 Å². The van der Waals surface area contributed by atoms with Gasteiger partial charge >= 0.3 is 0 Å². The molecule has 1 N–H and O–H groups in total. The van der Waals surface area contributed by atoms with Gasteiger partial charge in [0.1, 0.15) is 0 Å². The minimum Gasteiger partial charge on any atom is -0.340 e. The van der Waals surface area contributed by atoms with Gasteiger partial charge in [0.15, 0.2) is 0 Å². The quantitative estimate of drug-likeness (QED) is 0.376. The Bertz CT molecular complexity index is 824. The van der Waals surface area contributed by atoms with E-state index in [2.05, 4.69) is 89.6 Å². The third-order valence-corrected chi connectivity index (χ3v) is 5.01. The van der Waals surface area contributed by atoms with Gasteiger partial charge in [-0.1, -0.05) is 97.6 Å². The first-order valence-corrected chi connectivity index (χ1v) is 9.38. The number of carbonyl (C=O) groups excluding carboxylic acids is 1. The Morgan fingerprint density at radius 1 is 0.821 bits per heavy atom. The standard InChI is InChI=1S/C25H26N2O/c1-20(2)24(28)26-19-27(3)25(21-13-7-4-8-14-21,22-15-9-5-10-16-22)23-17-11-6-12-18-23/h4-18H,1,19H2,2-3H3,(H,26,28). The van der Waals surface area contributed by atoms with E-state index < -0.39 is 5.54 Å². The number of benzene rings is 3. The lowest BCUT2D eigenvalue weighted by molar-refractivity contribution is -0.118. The van der Waals surface area contributed by atoms with Gasteiger partial charge in [-0.05, 0) is 30.7 Å². The van der Waals surface area contributed by atoms with Gasteiger partial charge in [-0.15, -0.1) is 0 Å². The summed E-state index contributed by atoms with van der Waals surface area (Å²) in [5.74, 6) is -0.144. The zero-order valence-corrected chi connectivity index (χ0v) is 16.4. The topological polar surface area (TPSA) is 32.3 Å². The molecule has 0 aliphatic rings.